The summed E-state index contributed by atoms with van der Waals surface area (Å²) in [6.07, 6.45) is 1.09. The van der Waals surface area contributed by atoms with Gasteiger partial charge >= 0.3 is 0 Å². The Kier molecular flexibility index (Phi) is 3.63. The van der Waals surface area contributed by atoms with Gasteiger partial charge in [0.2, 0.25) is 5.91 Å². The Labute approximate surface area is 129 Å². The Morgan fingerprint density at radius 1 is 1.50 bits per heavy atom. The van der Waals surface area contributed by atoms with Gasteiger partial charge < -0.3 is 9.80 Å². The van der Waals surface area contributed by atoms with E-state index in [0.717, 1.165) is 25.2 Å². The lowest BCUT2D eigenvalue weighted by Gasteiger charge is -2.34. The molecule has 3 nitrogen and oxygen atoms in total. The van der Waals surface area contributed by atoms with Crippen molar-refractivity contribution in [3.63, 3.8) is 0 Å². The largest absolute Gasteiger partial charge is 0.337 e. The second kappa shape index (κ2) is 5.15. The molecule has 1 aromatic rings. The van der Waals surface area contributed by atoms with E-state index in [1.54, 1.807) is 4.90 Å². The zero-order valence-corrected chi connectivity index (χ0v) is 13.9. The first-order valence-corrected chi connectivity index (χ1v) is 8.29. The van der Waals surface area contributed by atoms with Crippen LogP contribution in [0.25, 0.3) is 0 Å². The minimum Gasteiger partial charge on any atom is -0.337 e. The first-order valence-electron chi connectivity index (χ1n) is 7.38. The van der Waals surface area contributed by atoms with Crippen molar-refractivity contribution < 1.29 is 9.69 Å². The summed E-state index contributed by atoms with van der Waals surface area (Å²) in [6, 6.07) is 6.87. The predicted octanol–water partition coefficient (Wildman–Crippen LogP) is 1.50. The number of carbonyl (C=O) groups is 1. The molecule has 0 spiro atoms. The highest BCUT2D eigenvalue weighted by molar-refractivity contribution is 9.10. The van der Waals surface area contributed by atoms with Crippen LogP contribution in [0, 0.1) is 6.92 Å². The van der Waals surface area contributed by atoms with Gasteiger partial charge in [0, 0.05) is 12.1 Å². The van der Waals surface area contributed by atoms with Gasteiger partial charge in [-0.15, -0.1) is 0 Å². The molecule has 0 aromatic heterocycles. The first kappa shape index (κ1) is 14.1. The lowest BCUT2D eigenvalue weighted by molar-refractivity contribution is -0.886. The van der Waals surface area contributed by atoms with Gasteiger partial charge in [-0.2, -0.15) is 0 Å². The van der Waals surface area contributed by atoms with Gasteiger partial charge in [0.15, 0.2) is 0 Å². The number of hydrogen-bond acceptors (Lipinski definition) is 1. The number of amides is 1. The van der Waals surface area contributed by atoms with Gasteiger partial charge in [-0.3, -0.25) is 4.79 Å². The number of nitrogens with one attached hydrogen (secondary N) is 1. The van der Waals surface area contributed by atoms with Crippen LogP contribution in [0.1, 0.15) is 30.4 Å². The maximum atomic E-state index is 12.6. The highest BCUT2D eigenvalue weighted by atomic mass is 79.9. The quantitative estimate of drug-likeness (QED) is 0.771. The Balaban J connectivity index is 2.06. The smallest absolute Gasteiger partial charge is 0.240 e. The van der Waals surface area contributed by atoms with Crippen LogP contribution in [0.2, 0.25) is 0 Å². The van der Waals surface area contributed by atoms with Crippen molar-refractivity contribution in [2.24, 2.45) is 0 Å². The second-order valence-corrected chi connectivity index (χ2v) is 7.63. The predicted molar refractivity (Wildman–Crippen MR) is 84.8 cm³/mol. The fourth-order valence-corrected chi connectivity index (χ4v) is 3.90. The highest BCUT2D eigenvalue weighted by Crippen LogP contribution is 2.43. The third kappa shape index (κ3) is 2.19. The molecular weight excluding hydrogens is 316 g/mol. The Morgan fingerprint density at radius 2 is 2.25 bits per heavy atom. The monoisotopic (exact) mass is 337 g/mol. The maximum Gasteiger partial charge on any atom is 0.240 e. The van der Waals surface area contributed by atoms with Crippen molar-refractivity contribution in [2.45, 2.75) is 37.1 Å². The van der Waals surface area contributed by atoms with Crippen molar-refractivity contribution in [1.82, 2.24) is 0 Å². The summed E-state index contributed by atoms with van der Waals surface area (Å²) in [5.74, 6) is 0.691. The van der Waals surface area contributed by atoms with E-state index in [2.05, 4.69) is 53.0 Å². The molecule has 20 heavy (non-hydrogen) atoms. The minimum absolute atomic E-state index is 0.123. The van der Waals surface area contributed by atoms with E-state index >= 15 is 0 Å². The average molecular weight is 338 g/mol. The lowest BCUT2D eigenvalue weighted by atomic mass is 9.89. The maximum absolute atomic E-state index is 12.6. The number of piperidine rings is 1. The number of rotatable bonds is 1. The third-order valence-corrected chi connectivity index (χ3v) is 5.04. The van der Waals surface area contributed by atoms with Gasteiger partial charge in [-0.05, 0) is 25.5 Å². The molecule has 2 heterocycles. The molecule has 4 atom stereocenters. The topological polar surface area (TPSA) is 24.8 Å². The van der Waals surface area contributed by atoms with E-state index in [4.69, 9.17) is 0 Å². The number of anilines is 1. The van der Waals surface area contributed by atoms with Crippen LogP contribution in [0.4, 0.5) is 5.69 Å². The molecule has 0 radical (unpaired) electrons. The number of likely N-dealkylation sites (N-methyl/N-ethyl adjacent to an activating group) is 1. The van der Waals surface area contributed by atoms with Gasteiger partial charge in [0.25, 0.3) is 0 Å². The summed E-state index contributed by atoms with van der Waals surface area (Å²) in [4.78, 5) is 16.1. The summed E-state index contributed by atoms with van der Waals surface area (Å²) >= 11 is 3.45. The Morgan fingerprint density at radius 3 is 2.95 bits per heavy atom. The standard InChI is InChI=1S/C16H21BrN2O/c1-10-4-5-14-12(8-10)13-9-18(3)7-6-15(13)19(14)16(20)11(2)17/h4-5,8,11,13,15H,6-7,9H2,1-3H3/p+1/t11-,13-,15-/m1/s1. The summed E-state index contributed by atoms with van der Waals surface area (Å²) in [5.41, 5.74) is 3.79. The normalized spacial score (nSPS) is 29.8. The lowest BCUT2D eigenvalue weighted by Crippen LogP contribution is -3.11. The molecule has 0 aliphatic carbocycles. The number of aryl methyl sites for hydroxylation is 1. The second-order valence-electron chi connectivity index (χ2n) is 6.26. The van der Waals surface area contributed by atoms with E-state index in [9.17, 15) is 4.79 Å². The van der Waals surface area contributed by atoms with E-state index in [-0.39, 0.29) is 10.7 Å². The van der Waals surface area contributed by atoms with E-state index < -0.39 is 0 Å². The number of fused-ring (bicyclic) bond motifs is 3. The zero-order valence-electron chi connectivity index (χ0n) is 12.3. The summed E-state index contributed by atoms with van der Waals surface area (Å²) in [5, 5.41) is 0. The number of quaternary nitrogens is 1. The van der Waals surface area contributed by atoms with Crippen molar-refractivity contribution in [2.75, 3.05) is 25.0 Å². The molecule has 1 fully saturated rings. The van der Waals surface area contributed by atoms with Gasteiger partial charge in [0.05, 0.1) is 36.9 Å². The molecule has 1 saturated heterocycles. The Hall–Kier alpha value is -0.870. The molecule has 1 amide bonds. The molecule has 1 unspecified atom stereocenters. The fraction of sp³-hybridized carbons (Fsp3) is 0.562. The summed E-state index contributed by atoms with van der Waals surface area (Å²) in [7, 11) is 2.25. The molecule has 2 aliphatic rings. The zero-order chi connectivity index (χ0) is 14.4. The number of hydrogen-bond donors (Lipinski definition) is 1. The average Bonchev–Trinajstić information content (AvgIpc) is 2.71. The molecule has 4 heteroatoms. The highest BCUT2D eigenvalue weighted by Gasteiger charge is 2.46. The van der Waals surface area contributed by atoms with Crippen molar-refractivity contribution in [3.05, 3.63) is 29.3 Å². The first-order chi connectivity index (χ1) is 9.49. The van der Waals surface area contributed by atoms with Crippen molar-refractivity contribution >= 4 is 27.5 Å². The third-order valence-electron chi connectivity index (χ3n) is 4.65. The van der Waals surface area contributed by atoms with Crippen LogP contribution in [0.5, 0.6) is 0 Å². The van der Waals surface area contributed by atoms with Gasteiger partial charge in [-0.1, -0.05) is 33.6 Å². The van der Waals surface area contributed by atoms with Gasteiger partial charge in [0.1, 0.15) is 0 Å². The number of nitrogens with zero attached hydrogens (tertiary/aromatic N) is 1. The summed E-state index contributed by atoms with van der Waals surface area (Å²) < 4.78 is 0. The number of carbonyl (C=O) groups excluding carboxylic acids is 1. The molecule has 1 N–H and O–H groups in total. The van der Waals surface area contributed by atoms with E-state index in [1.807, 2.05) is 6.92 Å². The van der Waals surface area contributed by atoms with Crippen LogP contribution in [-0.2, 0) is 4.79 Å². The molecule has 0 saturated carbocycles. The van der Waals surface area contributed by atoms with Crippen LogP contribution >= 0.6 is 15.9 Å². The van der Waals surface area contributed by atoms with E-state index in [0.29, 0.717) is 12.0 Å². The van der Waals surface area contributed by atoms with Crippen molar-refractivity contribution in [1.29, 1.82) is 0 Å². The minimum atomic E-state index is -0.123. The number of alkyl halides is 1. The molecule has 3 rings (SSSR count). The molecular formula is C16H22BrN2O+. The van der Waals surface area contributed by atoms with Crippen LogP contribution in [0.15, 0.2) is 18.2 Å². The van der Waals surface area contributed by atoms with Crippen LogP contribution < -0.4 is 9.80 Å². The Bertz CT molecular complexity index is 543. The van der Waals surface area contributed by atoms with Crippen LogP contribution in [-0.4, -0.2) is 36.9 Å². The number of benzene rings is 1. The fourth-order valence-electron chi connectivity index (χ4n) is 3.68. The molecule has 108 valence electrons. The van der Waals surface area contributed by atoms with Gasteiger partial charge in [-0.25, -0.2) is 0 Å². The summed E-state index contributed by atoms with van der Waals surface area (Å²) in [6.45, 7) is 6.33. The SMILES string of the molecule is Cc1ccc2c(c1)[C@H]1C[NH+](C)CC[C@H]1N2C(=O)[C@@H](C)Br. The van der Waals surface area contributed by atoms with E-state index in [1.165, 1.54) is 11.1 Å². The van der Waals surface area contributed by atoms with Crippen molar-refractivity contribution in [3.8, 4) is 0 Å². The number of likely N-dealkylation sites (tertiary alicyclic amines) is 1. The molecule has 0 bridgehead atoms. The number of halogens is 1. The molecule has 1 aromatic carbocycles. The molecule has 2 aliphatic heterocycles. The van der Waals surface area contributed by atoms with Crippen LogP contribution in [0.3, 0.4) is 0 Å².